The summed E-state index contributed by atoms with van der Waals surface area (Å²) in [6.45, 7) is 0. The van der Waals surface area contributed by atoms with Gasteiger partial charge in [-0.3, -0.25) is 24.0 Å². The monoisotopic (exact) mass is 370 g/mol. The molecule has 15 heteroatoms. The highest BCUT2D eigenvalue weighted by molar-refractivity contribution is 6.20. The number of aldehydes is 5. The van der Waals surface area contributed by atoms with Gasteiger partial charge >= 0.3 is 29.8 Å². The van der Waals surface area contributed by atoms with Gasteiger partial charge in [0.25, 0.3) is 0 Å². The average Bonchev–Trinajstić information content (AvgIpc) is 2.56. The van der Waals surface area contributed by atoms with Gasteiger partial charge in [0.1, 0.15) is 0 Å². The van der Waals surface area contributed by atoms with Gasteiger partial charge in [-0.1, -0.05) is 0 Å². The van der Waals surface area contributed by atoms with E-state index in [1.165, 1.54) is 0 Å². The van der Waals surface area contributed by atoms with Crippen LogP contribution in [0.2, 0.25) is 0 Å². The molecular formula is C10H10O15. The van der Waals surface area contributed by atoms with Gasteiger partial charge < -0.3 is 25.5 Å². The molecule has 5 N–H and O–H groups in total. The van der Waals surface area contributed by atoms with Gasteiger partial charge in [0.2, 0.25) is 31.4 Å². The molecule has 0 radical (unpaired) electrons. The molecule has 0 saturated carbocycles. The summed E-state index contributed by atoms with van der Waals surface area (Å²) < 4.78 is 0. The average molecular weight is 370 g/mol. The molecule has 25 heavy (non-hydrogen) atoms. The van der Waals surface area contributed by atoms with Crippen LogP contribution in [0.25, 0.3) is 0 Å². The zero-order valence-corrected chi connectivity index (χ0v) is 11.7. The molecule has 0 bridgehead atoms. The highest BCUT2D eigenvalue weighted by Crippen LogP contribution is 1.41. The lowest BCUT2D eigenvalue weighted by atomic mass is 10.8. The van der Waals surface area contributed by atoms with Crippen molar-refractivity contribution >= 4 is 61.3 Å². The lowest BCUT2D eigenvalue weighted by Crippen LogP contribution is -1.91. The van der Waals surface area contributed by atoms with Gasteiger partial charge in [0, 0.05) is 0 Å². The number of hydrogen-bond donors (Lipinski definition) is 5. The van der Waals surface area contributed by atoms with Gasteiger partial charge in [-0.2, -0.15) is 0 Å². The van der Waals surface area contributed by atoms with Crippen LogP contribution in [0.1, 0.15) is 0 Å². The smallest absolute Gasteiger partial charge is 0.368 e. The number of aliphatic carboxylic acids is 5. The second-order valence-electron chi connectivity index (χ2n) is 2.28. The molecule has 0 aliphatic carbocycles. The lowest BCUT2D eigenvalue weighted by molar-refractivity contribution is -0.143. The van der Waals surface area contributed by atoms with E-state index in [0.717, 1.165) is 0 Å². The van der Waals surface area contributed by atoms with Crippen LogP contribution < -0.4 is 0 Å². The predicted octanol–water partition coefficient (Wildman–Crippen LogP) is -3.65. The third-order valence-electron chi connectivity index (χ3n) is 0.504. The zero-order chi connectivity index (χ0) is 21.4. The fraction of sp³-hybridized carbons (Fsp3) is 0. The molecule has 0 fully saturated rings. The molecule has 0 spiro atoms. The van der Waals surface area contributed by atoms with E-state index in [1.807, 2.05) is 0 Å². The molecule has 0 atom stereocenters. The lowest BCUT2D eigenvalue weighted by Gasteiger charge is -1.59. The van der Waals surface area contributed by atoms with Gasteiger partial charge in [-0.05, 0) is 0 Å². The Morgan fingerprint density at radius 1 is 0.360 bits per heavy atom. The summed E-state index contributed by atoms with van der Waals surface area (Å²) in [5.74, 6) is -7.13. The molecular weight excluding hydrogens is 360 g/mol. The van der Waals surface area contributed by atoms with Crippen molar-refractivity contribution in [2.24, 2.45) is 0 Å². The van der Waals surface area contributed by atoms with Gasteiger partial charge in [-0.15, -0.1) is 0 Å². The highest BCUT2D eigenvalue weighted by Gasteiger charge is 1.82. The summed E-state index contributed by atoms with van der Waals surface area (Å²) in [5.41, 5.74) is 0. The van der Waals surface area contributed by atoms with Crippen LogP contribution in [-0.4, -0.2) is 86.8 Å². The minimum Gasteiger partial charge on any atom is -0.476 e. The summed E-state index contributed by atoms with van der Waals surface area (Å²) in [7, 11) is 0. The third-order valence-corrected chi connectivity index (χ3v) is 0.504. The van der Waals surface area contributed by atoms with Gasteiger partial charge in [-0.25, -0.2) is 24.0 Å². The van der Waals surface area contributed by atoms with Crippen molar-refractivity contribution in [3.63, 3.8) is 0 Å². The first-order valence-electron chi connectivity index (χ1n) is 4.76. The number of rotatable bonds is 5. The molecule has 15 nitrogen and oxygen atoms in total. The van der Waals surface area contributed by atoms with Crippen molar-refractivity contribution in [1.29, 1.82) is 0 Å². The summed E-state index contributed by atoms with van der Waals surface area (Å²) in [6.07, 6.45) is -0.833. The van der Waals surface area contributed by atoms with Gasteiger partial charge in [0.15, 0.2) is 0 Å². The molecule has 140 valence electrons. The zero-order valence-electron chi connectivity index (χ0n) is 11.7. The fourth-order valence-electron chi connectivity index (χ4n) is 0. The molecule has 0 unspecified atom stereocenters. The third kappa shape index (κ3) is 190. The van der Waals surface area contributed by atoms with Crippen LogP contribution in [0.3, 0.4) is 0 Å². The second kappa shape index (κ2) is 27.9. The summed E-state index contributed by atoms with van der Waals surface area (Å²) >= 11 is 0. The van der Waals surface area contributed by atoms with E-state index >= 15 is 0 Å². The summed E-state index contributed by atoms with van der Waals surface area (Å²) in [5, 5.41) is 36.8. The van der Waals surface area contributed by atoms with Crippen molar-refractivity contribution in [1.82, 2.24) is 0 Å². The maximum absolute atomic E-state index is 9.00. The Labute approximate surface area is 136 Å². The van der Waals surface area contributed by atoms with E-state index in [-0.39, 0.29) is 31.4 Å². The quantitative estimate of drug-likeness (QED) is 0.230. The van der Waals surface area contributed by atoms with Crippen LogP contribution in [-0.2, 0) is 47.9 Å². The Morgan fingerprint density at radius 2 is 0.400 bits per heavy atom. The van der Waals surface area contributed by atoms with Crippen molar-refractivity contribution < 1.29 is 73.5 Å². The Bertz CT molecular complexity index is 384. The van der Waals surface area contributed by atoms with Crippen LogP contribution in [0, 0.1) is 0 Å². The van der Waals surface area contributed by atoms with Crippen LogP contribution >= 0.6 is 0 Å². The van der Waals surface area contributed by atoms with E-state index in [2.05, 4.69) is 0 Å². The number of hydrogen-bond acceptors (Lipinski definition) is 10. The fourth-order valence-corrected chi connectivity index (χ4v) is 0. The van der Waals surface area contributed by atoms with E-state index < -0.39 is 29.8 Å². The first kappa shape index (κ1) is 32.6. The predicted molar refractivity (Wildman–Crippen MR) is 68.5 cm³/mol. The van der Waals surface area contributed by atoms with Crippen LogP contribution in [0.15, 0.2) is 0 Å². The molecule has 0 aromatic heterocycles. The SMILES string of the molecule is O=CC(=O)O.O=CC(=O)O.O=CC(=O)O.O=CC(=O)O.O=CC(=O)O. The van der Waals surface area contributed by atoms with E-state index in [4.69, 9.17) is 73.5 Å². The number of carbonyl (C=O) groups excluding carboxylic acids is 5. The van der Waals surface area contributed by atoms with Crippen LogP contribution in [0.5, 0.6) is 0 Å². The number of carboxylic acid groups (broad SMARTS) is 5. The number of carbonyl (C=O) groups is 10. The molecule has 0 aliphatic rings. The van der Waals surface area contributed by atoms with Crippen molar-refractivity contribution in [2.45, 2.75) is 0 Å². The summed E-state index contributed by atoms with van der Waals surface area (Å²) in [6, 6.07) is 0. The maximum atomic E-state index is 9.00. The molecule has 0 aromatic rings. The Morgan fingerprint density at radius 3 is 0.400 bits per heavy atom. The molecule has 0 aromatic carbocycles. The van der Waals surface area contributed by atoms with E-state index in [9.17, 15) is 0 Å². The largest absolute Gasteiger partial charge is 0.476 e. The standard InChI is InChI=1S/5C2H2O3/c5*3-1-2(4)5/h5*1H,(H,4,5). The first-order chi connectivity index (χ1) is 11.4. The second-order valence-corrected chi connectivity index (χ2v) is 2.28. The Balaban J connectivity index is -0.0000000667. The summed E-state index contributed by atoms with van der Waals surface area (Å²) in [4.78, 5) is 89.5. The molecule has 0 heterocycles. The molecule has 0 rings (SSSR count). The van der Waals surface area contributed by atoms with Crippen LogP contribution in [0.4, 0.5) is 0 Å². The topological polar surface area (TPSA) is 272 Å². The Kier molecular flexibility index (Phi) is 36.4. The minimum absolute atomic E-state index is 0.167. The normalized spacial score (nSPS) is 6.40. The minimum atomic E-state index is -1.43. The molecule has 0 amide bonds. The highest BCUT2D eigenvalue weighted by atomic mass is 16.4. The first-order valence-corrected chi connectivity index (χ1v) is 4.76. The molecule has 0 aliphatic heterocycles. The van der Waals surface area contributed by atoms with Crippen molar-refractivity contribution in [2.75, 3.05) is 0 Å². The number of carboxylic acids is 5. The van der Waals surface area contributed by atoms with E-state index in [0.29, 0.717) is 0 Å². The van der Waals surface area contributed by atoms with Gasteiger partial charge in [0.05, 0.1) is 0 Å². The van der Waals surface area contributed by atoms with Crippen molar-refractivity contribution in [3.05, 3.63) is 0 Å². The maximum Gasteiger partial charge on any atom is 0.368 e. The molecule has 0 saturated heterocycles. The Hall–Kier alpha value is -4.30. The van der Waals surface area contributed by atoms with E-state index in [1.54, 1.807) is 0 Å². The van der Waals surface area contributed by atoms with Crippen molar-refractivity contribution in [3.8, 4) is 0 Å².